The van der Waals surface area contributed by atoms with Crippen molar-refractivity contribution in [2.75, 3.05) is 16.8 Å². The highest BCUT2D eigenvalue weighted by Crippen LogP contribution is 2.39. The second kappa shape index (κ2) is 7.99. The van der Waals surface area contributed by atoms with Gasteiger partial charge in [-0.25, -0.2) is 4.98 Å². The Balaban J connectivity index is 1.54. The molecule has 4 rings (SSSR count). The minimum Gasteiger partial charge on any atom is -0.397 e. The first-order valence-corrected chi connectivity index (χ1v) is 10.5. The number of benzene rings is 1. The lowest BCUT2D eigenvalue weighted by molar-refractivity contribution is -0.113. The molecule has 4 aromatic rings. The standard InChI is InChI=1S/C19H18N6OS2/c1-2-25-17(16-15(20)13-9-6-10-21-18(13)28-16)23-24-19(25)27-11-14(26)22-12-7-4-3-5-8-12/h3-10H,2,11,20H2,1H3,(H,22,26). The highest BCUT2D eigenvalue weighted by atomic mass is 32.2. The molecule has 0 aliphatic rings. The molecule has 0 saturated carbocycles. The molecule has 0 unspecified atom stereocenters. The zero-order valence-corrected chi connectivity index (χ0v) is 16.8. The minimum atomic E-state index is -0.0889. The number of thiophene rings is 1. The summed E-state index contributed by atoms with van der Waals surface area (Å²) in [4.78, 5) is 18.3. The van der Waals surface area contributed by atoms with Gasteiger partial charge in [0.15, 0.2) is 11.0 Å². The van der Waals surface area contributed by atoms with Crippen LogP contribution in [0, 0.1) is 0 Å². The van der Waals surface area contributed by atoms with Gasteiger partial charge in [0, 0.05) is 23.8 Å². The lowest BCUT2D eigenvalue weighted by Gasteiger charge is -2.07. The van der Waals surface area contributed by atoms with E-state index < -0.39 is 0 Å². The lowest BCUT2D eigenvalue weighted by Crippen LogP contribution is -2.14. The van der Waals surface area contributed by atoms with Crippen molar-refractivity contribution in [3.05, 3.63) is 48.7 Å². The zero-order valence-electron chi connectivity index (χ0n) is 15.1. The fraction of sp³-hybridized carbons (Fsp3) is 0.158. The number of aromatic nitrogens is 4. The van der Waals surface area contributed by atoms with Crippen molar-refractivity contribution in [2.45, 2.75) is 18.6 Å². The third-order valence-electron chi connectivity index (χ3n) is 4.13. The Bertz CT molecular complexity index is 1120. The fourth-order valence-corrected chi connectivity index (χ4v) is 4.67. The van der Waals surface area contributed by atoms with Crippen LogP contribution in [0.1, 0.15) is 6.92 Å². The number of hydrogen-bond acceptors (Lipinski definition) is 7. The fourth-order valence-electron chi connectivity index (χ4n) is 2.81. The smallest absolute Gasteiger partial charge is 0.234 e. The number of fused-ring (bicyclic) bond motifs is 1. The maximum Gasteiger partial charge on any atom is 0.234 e. The van der Waals surface area contributed by atoms with E-state index in [1.54, 1.807) is 6.20 Å². The molecule has 142 valence electrons. The molecule has 28 heavy (non-hydrogen) atoms. The van der Waals surface area contributed by atoms with E-state index in [1.807, 2.05) is 54.0 Å². The maximum atomic E-state index is 12.2. The summed E-state index contributed by atoms with van der Waals surface area (Å²) in [6.45, 7) is 2.69. The molecule has 0 aliphatic carbocycles. The second-order valence-electron chi connectivity index (χ2n) is 5.95. The lowest BCUT2D eigenvalue weighted by atomic mass is 10.2. The van der Waals surface area contributed by atoms with E-state index in [0.29, 0.717) is 23.2 Å². The highest BCUT2D eigenvalue weighted by molar-refractivity contribution is 7.99. The number of pyridine rings is 1. The van der Waals surface area contributed by atoms with Crippen LogP contribution in [0.25, 0.3) is 20.9 Å². The van der Waals surface area contributed by atoms with Crippen LogP contribution in [0.5, 0.6) is 0 Å². The number of nitrogens with two attached hydrogens (primary N) is 1. The van der Waals surface area contributed by atoms with Crippen LogP contribution in [0.2, 0.25) is 0 Å². The Morgan fingerprint density at radius 1 is 1.21 bits per heavy atom. The van der Waals surface area contributed by atoms with Crippen molar-refractivity contribution >= 4 is 50.6 Å². The average molecular weight is 411 g/mol. The molecule has 0 bridgehead atoms. The van der Waals surface area contributed by atoms with E-state index in [-0.39, 0.29) is 11.7 Å². The molecule has 0 fully saturated rings. The summed E-state index contributed by atoms with van der Waals surface area (Å²) in [7, 11) is 0. The van der Waals surface area contributed by atoms with Gasteiger partial charge in [-0.15, -0.1) is 21.5 Å². The van der Waals surface area contributed by atoms with Crippen LogP contribution in [0.15, 0.2) is 53.8 Å². The van der Waals surface area contributed by atoms with Crippen LogP contribution in [0.3, 0.4) is 0 Å². The average Bonchev–Trinajstić information content (AvgIpc) is 3.28. The molecule has 0 atom stereocenters. The molecule has 0 spiro atoms. The zero-order chi connectivity index (χ0) is 19.5. The van der Waals surface area contributed by atoms with Gasteiger partial charge in [0.2, 0.25) is 5.91 Å². The number of nitrogen functional groups attached to an aromatic ring is 1. The quantitative estimate of drug-likeness (QED) is 0.468. The van der Waals surface area contributed by atoms with E-state index in [4.69, 9.17) is 5.73 Å². The van der Waals surface area contributed by atoms with Gasteiger partial charge >= 0.3 is 0 Å². The number of carbonyl (C=O) groups excluding carboxylic acids is 1. The van der Waals surface area contributed by atoms with Crippen molar-refractivity contribution in [1.29, 1.82) is 0 Å². The molecule has 7 nitrogen and oxygen atoms in total. The van der Waals surface area contributed by atoms with Gasteiger partial charge in [-0.3, -0.25) is 4.79 Å². The van der Waals surface area contributed by atoms with E-state index in [0.717, 1.165) is 20.8 Å². The first-order chi connectivity index (χ1) is 13.7. The summed E-state index contributed by atoms with van der Waals surface area (Å²) in [6.07, 6.45) is 1.75. The molecule has 1 aromatic carbocycles. The number of amides is 1. The number of nitrogens with one attached hydrogen (secondary N) is 1. The number of hydrogen-bond donors (Lipinski definition) is 2. The summed E-state index contributed by atoms with van der Waals surface area (Å²) < 4.78 is 1.97. The van der Waals surface area contributed by atoms with E-state index >= 15 is 0 Å². The number of anilines is 2. The van der Waals surface area contributed by atoms with E-state index in [1.165, 1.54) is 23.1 Å². The van der Waals surface area contributed by atoms with Gasteiger partial charge in [-0.1, -0.05) is 30.0 Å². The monoisotopic (exact) mass is 410 g/mol. The van der Waals surface area contributed by atoms with Crippen LogP contribution in [-0.4, -0.2) is 31.4 Å². The maximum absolute atomic E-state index is 12.2. The third-order valence-corrected chi connectivity index (χ3v) is 6.22. The summed E-state index contributed by atoms with van der Waals surface area (Å²) in [5, 5.41) is 13.1. The second-order valence-corrected chi connectivity index (χ2v) is 7.90. The Morgan fingerprint density at radius 3 is 2.79 bits per heavy atom. The van der Waals surface area contributed by atoms with Gasteiger partial charge < -0.3 is 15.6 Å². The normalized spacial score (nSPS) is 11.0. The van der Waals surface area contributed by atoms with Crippen molar-refractivity contribution in [3.63, 3.8) is 0 Å². The number of carbonyl (C=O) groups is 1. The number of thioether (sulfide) groups is 1. The molecular weight excluding hydrogens is 392 g/mol. The molecule has 3 N–H and O–H groups in total. The van der Waals surface area contributed by atoms with Gasteiger partial charge in [0.25, 0.3) is 0 Å². The van der Waals surface area contributed by atoms with Crippen molar-refractivity contribution < 1.29 is 4.79 Å². The molecular formula is C19H18N6OS2. The van der Waals surface area contributed by atoms with Gasteiger partial charge in [0.05, 0.1) is 16.3 Å². The first-order valence-electron chi connectivity index (χ1n) is 8.71. The molecule has 0 radical (unpaired) electrons. The van der Waals surface area contributed by atoms with Crippen LogP contribution in [0.4, 0.5) is 11.4 Å². The molecule has 1 amide bonds. The molecule has 9 heteroatoms. The Morgan fingerprint density at radius 2 is 2.04 bits per heavy atom. The molecule has 3 heterocycles. The summed E-state index contributed by atoms with van der Waals surface area (Å²) >= 11 is 2.85. The van der Waals surface area contributed by atoms with Gasteiger partial charge in [0.1, 0.15) is 4.83 Å². The number of para-hydroxylation sites is 1. The van der Waals surface area contributed by atoms with Crippen molar-refractivity contribution in [2.24, 2.45) is 0 Å². The predicted octanol–water partition coefficient (Wildman–Crippen LogP) is 3.89. The Labute approximate surface area is 170 Å². The topological polar surface area (TPSA) is 98.7 Å². The number of nitrogens with zero attached hydrogens (tertiary/aromatic N) is 4. The summed E-state index contributed by atoms with van der Waals surface area (Å²) in [6, 6.07) is 13.2. The number of rotatable bonds is 6. The third kappa shape index (κ3) is 3.58. The van der Waals surface area contributed by atoms with E-state index in [2.05, 4.69) is 20.5 Å². The van der Waals surface area contributed by atoms with Crippen molar-refractivity contribution in [3.8, 4) is 10.7 Å². The van der Waals surface area contributed by atoms with Crippen LogP contribution >= 0.6 is 23.1 Å². The molecule has 0 aliphatic heterocycles. The molecule has 3 aromatic heterocycles. The van der Waals surface area contributed by atoms with Crippen molar-refractivity contribution in [1.82, 2.24) is 19.7 Å². The Hall–Kier alpha value is -2.91. The van der Waals surface area contributed by atoms with Crippen LogP contribution < -0.4 is 11.1 Å². The SMILES string of the molecule is CCn1c(SCC(=O)Nc2ccccc2)nnc1-c1sc2ncccc2c1N. The van der Waals surface area contributed by atoms with Gasteiger partial charge in [-0.2, -0.15) is 0 Å². The van der Waals surface area contributed by atoms with E-state index in [9.17, 15) is 4.79 Å². The highest BCUT2D eigenvalue weighted by Gasteiger charge is 2.20. The Kier molecular flexibility index (Phi) is 5.27. The summed E-state index contributed by atoms with van der Waals surface area (Å²) in [5.74, 6) is 0.860. The summed E-state index contributed by atoms with van der Waals surface area (Å²) in [5.41, 5.74) is 7.77. The molecule has 0 saturated heterocycles. The van der Waals surface area contributed by atoms with Crippen LogP contribution in [-0.2, 0) is 11.3 Å². The minimum absolute atomic E-state index is 0.0889. The predicted molar refractivity (Wildman–Crippen MR) is 115 cm³/mol. The van der Waals surface area contributed by atoms with Gasteiger partial charge in [-0.05, 0) is 31.2 Å². The largest absolute Gasteiger partial charge is 0.397 e. The first kappa shape index (κ1) is 18.5.